The quantitative estimate of drug-likeness (QED) is 0.629. The molecule has 2 aliphatic rings. The molecule has 0 bridgehead atoms. The second-order valence-corrected chi connectivity index (χ2v) is 10.0. The number of halogens is 3. The van der Waals surface area contributed by atoms with Gasteiger partial charge in [0.15, 0.2) is 0 Å². The van der Waals surface area contributed by atoms with Crippen LogP contribution >= 0.6 is 0 Å². The fraction of sp³-hybridized carbons (Fsp3) is 0.739. The lowest BCUT2D eigenvalue weighted by atomic mass is 9.80. The molecule has 0 unspecified atom stereocenters. The van der Waals surface area contributed by atoms with Crippen LogP contribution in [-0.2, 0) is 12.6 Å². The molecule has 1 atom stereocenters. The fourth-order valence-electron chi connectivity index (χ4n) is 4.61. The zero-order chi connectivity index (χ0) is 20.7. The van der Waals surface area contributed by atoms with Crippen LogP contribution in [0, 0.1) is 0 Å². The molecule has 0 spiro atoms. The highest BCUT2D eigenvalue weighted by molar-refractivity contribution is 5.38. The topological polar surface area (TPSA) is 6.48 Å². The van der Waals surface area contributed by atoms with Crippen LogP contribution in [0.2, 0.25) is 0 Å². The van der Waals surface area contributed by atoms with Gasteiger partial charge in [0.2, 0.25) is 0 Å². The number of benzene rings is 1. The number of hydrogen-bond acceptors (Lipinski definition) is 2. The maximum atomic E-state index is 13.6. The number of likely N-dealkylation sites (N-methyl/N-ethyl adjacent to an activating group) is 1. The maximum absolute atomic E-state index is 13.6. The molecule has 2 nitrogen and oxygen atoms in total. The van der Waals surface area contributed by atoms with E-state index < -0.39 is 11.7 Å². The van der Waals surface area contributed by atoms with Crippen LogP contribution in [0.3, 0.4) is 0 Å². The summed E-state index contributed by atoms with van der Waals surface area (Å²) in [5.41, 5.74) is 1.02. The van der Waals surface area contributed by atoms with Gasteiger partial charge in [-0.25, -0.2) is 0 Å². The van der Waals surface area contributed by atoms with E-state index in [1.165, 1.54) is 6.07 Å². The summed E-state index contributed by atoms with van der Waals surface area (Å²) in [6.45, 7) is 8.78. The van der Waals surface area contributed by atoms with Gasteiger partial charge in [0.05, 0.1) is 5.56 Å². The second kappa shape index (κ2) is 7.64. The third kappa shape index (κ3) is 4.73. The molecule has 1 aromatic carbocycles. The van der Waals surface area contributed by atoms with Crippen molar-refractivity contribution in [3.63, 3.8) is 0 Å². The first-order valence-electron chi connectivity index (χ1n) is 10.5. The van der Waals surface area contributed by atoms with E-state index >= 15 is 0 Å². The first kappa shape index (κ1) is 21.6. The predicted octanol–water partition coefficient (Wildman–Crippen LogP) is 5.71. The highest BCUT2D eigenvalue weighted by Gasteiger charge is 2.41. The summed E-state index contributed by atoms with van der Waals surface area (Å²) in [5.74, 6) is 0.109. The first-order chi connectivity index (χ1) is 12.9. The molecule has 1 aliphatic carbocycles. The van der Waals surface area contributed by atoms with Gasteiger partial charge in [-0.1, -0.05) is 12.1 Å². The van der Waals surface area contributed by atoms with Crippen molar-refractivity contribution in [3.05, 3.63) is 34.9 Å². The van der Waals surface area contributed by atoms with Crippen molar-refractivity contribution >= 4 is 0 Å². The maximum Gasteiger partial charge on any atom is 0.416 e. The van der Waals surface area contributed by atoms with Crippen molar-refractivity contribution in [1.29, 1.82) is 0 Å². The second-order valence-electron chi connectivity index (χ2n) is 10.0. The van der Waals surface area contributed by atoms with Crippen molar-refractivity contribution in [2.75, 3.05) is 27.2 Å². The number of aryl methyl sites for hydroxylation is 1. The summed E-state index contributed by atoms with van der Waals surface area (Å²) in [6, 6.07) is 5.08. The van der Waals surface area contributed by atoms with Crippen LogP contribution in [-0.4, -0.2) is 48.1 Å². The van der Waals surface area contributed by atoms with E-state index in [0.717, 1.165) is 50.8 Å². The van der Waals surface area contributed by atoms with E-state index in [-0.39, 0.29) is 17.0 Å². The number of nitrogens with zero attached hydrogens (tertiary/aromatic N) is 2. The Kier molecular flexibility index (Phi) is 5.90. The van der Waals surface area contributed by atoms with E-state index in [1.54, 1.807) is 6.07 Å². The standard InChI is InChI=1S/C23H35F3N2/c1-21(2,3)28-14-6-12-22(16-28,27(4)5)13-11-17-7-10-19(18-8-9-18)20(15-17)23(24,25)26/h7,10,15,18H,6,8-9,11-14,16H2,1-5H3/t22-/m1/s1. The number of piperidine rings is 1. The van der Waals surface area contributed by atoms with E-state index in [2.05, 4.69) is 44.7 Å². The van der Waals surface area contributed by atoms with Crippen LogP contribution in [0.25, 0.3) is 0 Å². The largest absolute Gasteiger partial charge is 0.416 e. The Morgan fingerprint density at radius 2 is 1.82 bits per heavy atom. The van der Waals surface area contributed by atoms with Gasteiger partial charge in [-0.15, -0.1) is 0 Å². The normalized spacial score (nSPS) is 24.8. The zero-order valence-corrected chi connectivity index (χ0v) is 18.0. The summed E-state index contributed by atoms with van der Waals surface area (Å²) in [7, 11) is 4.23. The van der Waals surface area contributed by atoms with Crippen LogP contribution < -0.4 is 0 Å². The van der Waals surface area contributed by atoms with Gasteiger partial charge in [-0.2, -0.15) is 13.2 Å². The zero-order valence-electron chi connectivity index (χ0n) is 18.0. The lowest BCUT2D eigenvalue weighted by Gasteiger charge is -2.51. The predicted molar refractivity (Wildman–Crippen MR) is 109 cm³/mol. The number of hydrogen-bond donors (Lipinski definition) is 0. The van der Waals surface area contributed by atoms with E-state index in [4.69, 9.17) is 0 Å². The fourth-order valence-corrected chi connectivity index (χ4v) is 4.61. The van der Waals surface area contributed by atoms with Gasteiger partial charge in [0.25, 0.3) is 0 Å². The Morgan fingerprint density at radius 1 is 1.14 bits per heavy atom. The van der Waals surface area contributed by atoms with Crippen molar-refractivity contribution in [2.24, 2.45) is 0 Å². The summed E-state index contributed by atoms with van der Waals surface area (Å²) >= 11 is 0. The molecular weight excluding hydrogens is 361 g/mol. The molecule has 1 aliphatic heterocycles. The molecule has 1 heterocycles. The average Bonchev–Trinajstić information content (AvgIpc) is 3.43. The van der Waals surface area contributed by atoms with Crippen LogP contribution in [0.15, 0.2) is 18.2 Å². The molecule has 0 amide bonds. The Labute approximate surface area is 168 Å². The minimum Gasteiger partial charge on any atom is -0.302 e. The van der Waals surface area contributed by atoms with Gasteiger partial charge in [0, 0.05) is 17.6 Å². The molecule has 1 aromatic rings. The average molecular weight is 397 g/mol. The number of alkyl halides is 3. The van der Waals surface area contributed by atoms with Gasteiger partial charge in [-0.3, -0.25) is 4.90 Å². The molecular formula is C23H35F3N2. The first-order valence-corrected chi connectivity index (χ1v) is 10.5. The Balaban J connectivity index is 1.79. The molecule has 1 saturated carbocycles. The van der Waals surface area contributed by atoms with Gasteiger partial charge < -0.3 is 4.90 Å². The molecule has 2 fully saturated rings. The van der Waals surface area contributed by atoms with Gasteiger partial charge in [-0.05, 0) is 103 Å². The van der Waals surface area contributed by atoms with Gasteiger partial charge >= 0.3 is 6.18 Å². The Bertz CT molecular complexity index is 686. The smallest absolute Gasteiger partial charge is 0.302 e. The Hall–Kier alpha value is -1.07. The summed E-state index contributed by atoms with van der Waals surface area (Å²) in [6.07, 6.45) is 1.30. The molecule has 0 radical (unpaired) electrons. The lowest BCUT2D eigenvalue weighted by molar-refractivity contribution is -0.138. The van der Waals surface area contributed by atoms with Crippen LogP contribution in [0.5, 0.6) is 0 Å². The van der Waals surface area contributed by atoms with Crippen LogP contribution in [0.4, 0.5) is 13.2 Å². The van der Waals surface area contributed by atoms with E-state index in [1.807, 2.05) is 6.07 Å². The highest BCUT2D eigenvalue weighted by atomic mass is 19.4. The molecule has 0 aromatic heterocycles. The summed E-state index contributed by atoms with van der Waals surface area (Å²) < 4.78 is 40.7. The number of likely N-dealkylation sites (tertiary alicyclic amines) is 1. The highest BCUT2D eigenvalue weighted by Crippen LogP contribution is 2.46. The summed E-state index contributed by atoms with van der Waals surface area (Å²) in [5, 5.41) is 0. The summed E-state index contributed by atoms with van der Waals surface area (Å²) in [4.78, 5) is 4.82. The SMILES string of the molecule is CN(C)[C@@]1(CCc2ccc(C3CC3)c(C(F)(F)F)c2)CCCN(C(C)(C)C)C1. The lowest BCUT2D eigenvalue weighted by Crippen LogP contribution is -2.60. The molecule has 0 N–H and O–H groups in total. The van der Waals surface area contributed by atoms with E-state index in [0.29, 0.717) is 12.0 Å². The minimum atomic E-state index is -4.26. The number of rotatable bonds is 5. The molecule has 5 heteroatoms. The molecule has 3 rings (SSSR count). The van der Waals surface area contributed by atoms with Crippen molar-refractivity contribution in [1.82, 2.24) is 9.80 Å². The third-order valence-electron chi connectivity index (χ3n) is 6.77. The Morgan fingerprint density at radius 3 is 2.36 bits per heavy atom. The third-order valence-corrected chi connectivity index (χ3v) is 6.77. The minimum absolute atomic E-state index is 0.0130. The molecule has 28 heavy (non-hydrogen) atoms. The van der Waals surface area contributed by atoms with Gasteiger partial charge in [0.1, 0.15) is 0 Å². The molecule has 158 valence electrons. The van der Waals surface area contributed by atoms with E-state index in [9.17, 15) is 13.2 Å². The van der Waals surface area contributed by atoms with Crippen molar-refractivity contribution in [3.8, 4) is 0 Å². The molecule has 1 saturated heterocycles. The van der Waals surface area contributed by atoms with Crippen molar-refractivity contribution < 1.29 is 13.2 Å². The van der Waals surface area contributed by atoms with Crippen molar-refractivity contribution in [2.45, 2.75) is 82.5 Å². The monoisotopic (exact) mass is 396 g/mol. The van der Waals surface area contributed by atoms with Crippen LogP contribution in [0.1, 0.15) is 75.5 Å².